The van der Waals surface area contributed by atoms with E-state index in [1.165, 1.54) is 64.2 Å². The molecule has 19 heavy (non-hydrogen) atoms. The largest absolute Gasteiger partial charge is 0.478 e. The lowest BCUT2D eigenvalue weighted by Crippen LogP contribution is -1.99. The molecule has 0 spiro atoms. The third-order valence-corrected chi connectivity index (χ3v) is 3.67. The molecule has 0 aliphatic carbocycles. The van der Waals surface area contributed by atoms with Crippen molar-refractivity contribution in [2.45, 2.75) is 90.9 Å². The van der Waals surface area contributed by atoms with Gasteiger partial charge >= 0.3 is 5.97 Å². The van der Waals surface area contributed by atoms with Gasteiger partial charge in [0.05, 0.1) is 0 Å². The first kappa shape index (κ1) is 18.2. The molecular formula is C17H32O2. The minimum absolute atomic E-state index is 0.566. The van der Waals surface area contributed by atoms with Crippen LogP contribution in [0.15, 0.2) is 11.6 Å². The molecule has 0 radical (unpaired) electrons. The molecule has 0 aliphatic heterocycles. The van der Waals surface area contributed by atoms with Crippen molar-refractivity contribution in [1.82, 2.24) is 0 Å². The molecule has 0 aromatic rings. The van der Waals surface area contributed by atoms with Crippen LogP contribution in [0, 0.1) is 0 Å². The van der Waals surface area contributed by atoms with Crippen molar-refractivity contribution in [2.24, 2.45) is 0 Å². The lowest BCUT2D eigenvalue weighted by molar-refractivity contribution is -0.132. The van der Waals surface area contributed by atoms with Gasteiger partial charge in [0.1, 0.15) is 0 Å². The Morgan fingerprint density at radius 2 is 1.26 bits per heavy atom. The zero-order valence-electron chi connectivity index (χ0n) is 12.9. The summed E-state index contributed by atoms with van der Waals surface area (Å²) in [5, 5.41) is 8.87. The fourth-order valence-electron chi connectivity index (χ4n) is 2.35. The number of carboxylic acids is 1. The molecule has 0 saturated carbocycles. The van der Waals surface area contributed by atoms with E-state index in [0.29, 0.717) is 5.57 Å². The molecule has 2 nitrogen and oxygen atoms in total. The molecule has 0 unspecified atom stereocenters. The summed E-state index contributed by atoms with van der Waals surface area (Å²) in [5.41, 5.74) is 0.566. The van der Waals surface area contributed by atoms with Gasteiger partial charge in [0.15, 0.2) is 0 Å². The summed E-state index contributed by atoms with van der Waals surface area (Å²) in [6, 6.07) is 0. The Hall–Kier alpha value is -0.790. The number of aliphatic carboxylic acids is 1. The Kier molecular flexibility index (Phi) is 13.1. The van der Waals surface area contributed by atoms with Crippen LogP contribution in [0.5, 0.6) is 0 Å². The number of carboxylic acid groups (broad SMARTS) is 1. The molecule has 0 rings (SSSR count). The van der Waals surface area contributed by atoms with Crippen LogP contribution < -0.4 is 0 Å². The molecule has 0 aromatic heterocycles. The van der Waals surface area contributed by atoms with Crippen molar-refractivity contribution in [1.29, 1.82) is 0 Å². The van der Waals surface area contributed by atoms with E-state index in [1.807, 2.05) is 6.92 Å². The Balaban J connectivity index is 3.21. The summed E-state index contributed by atoms with van der Waals surface area (Å²) in [6.45, 7) is 4.06. The Bertz CT molecular complexity index is 244. The fourth-order valence-corrected chi connectivity index (χ4v) is 2.35. The highest BCUT2D eigenvalue weighted by Gasteiger charge is 2.04. The third-order valence-electron chi connectivity index (χ3n) is 3.67. The van der Waals surface area contributed by atoms with E-state index in [1.54, 1.807) is 6.08 Å². The van der Waals surface area contributed by atoms with Crippen molar-refractivity contribution in [3.8, 4) is 0 Å². The Labute approximate surface area is 119 Å². The highest BCUT2D eigenvalue weighted by atomic mass is 16.4. The number of unbranched alkanes of at least 4 members (excludes halogenated alkanes) is 10. The van der Waals surface area contributed by atoms with Crippen molar-refractivity contribution < 1.29 is 9.90 Å². The van der Waals surface area contributed by atoms with Crippen LogP contribution >= 0.6 is 0 Å². The molecule has 112 valence electrons. The second-order valence-corrected chi connectivity index (χ2v) is 5.40. The smallest absolute Gasteiger partial charge is 0.331 e. The average molecular weight is 268 g/mol. The number of hydrogen-bond acceptors (Lipinski definition) is 1. The molecule has 2 heteroatoms. The summed E-state index contributed by atoms with van der Waals surface area (Å²) >= 11 is 0. The first-order chi connectivity index (χ1) is 9.22. The highest BCUT2D eigenvalue weighted by molar-refractivity contribution is 5.86. The first-order valence-electron chi connectivity index (χ1n) is 8.10. The highest BCUT2D eigenvalue weighted by Crippen LogP contribution is 2.14. The molecule has 1 N–H and O–H groups in total. The first-order valence-corrected chi connectivity index (χ1v) is 8.10. The molecule has 0 heterocycles. The molecule has 0 fully saturated rings. The maximum atomic E-state index is 10.8. The minimum atomic E-state index is -0.755. The predicted octanol–water partition coefficient (Wildman–Crippen LogP) is 5.72. The van der Waals surface area contributed by atoms with E-state index >= 15 is 0 Å². The topological polar surface area (TPSA) is 37.3 Å². The van der Waals surface area contributed by atoms with Crippen molar-refractivity contribution in [3.05, 3.63) is 11.6 Å². The number of hydrogen-bond donors (Lipinski definition) is 1. The monoisotopic (exact) mass is 268 g/mol. The molecule has 0 aromatic carbocycles. The lowest BCUT2D eigenvalue weighted by atomic mass is 10.0. The van der Waals surface area contributed by atoms with Gasteiger partial charge in [0.2, 0.25) is 0 Å². The average Bonchev–Trinajstić information content (AvgIpc) is 2.40. The summed E-state index contributed by atoms with van der Waals surface area (Å²) in [4.78, 5) is 10.8. The lowest BCUT2D eigenvalue weighted by Gasteiger charge is -2.03. The zero-order chi connectivity index (χ0) is 14.3. The summed E-state index contributed by atoms with van der Waals surface area (Å²) in [6.07, 6.45) is 16.8. The van der Waals surface area contributed by atoms with Gasteiger partial charge in [-0.15, -0.1) is 0 Å². The molecule has 0 aliphatic rings. The van der Waals surface area contributed by atoms with Gasteiger partial charge in [-0.1, -0.05) is 77.2 Å². The molecule has 0 saturated heterocycles. The van der Waals surface area contributed by atoms with Crippen LogP contribution in [0.3, 0.4) is 0 Å². The van der Waals surface area contributed by atoms with E-state index in [-0.39, 0.29) is 0 Å². The standard InChI is InChI=1S/C17H32O2/c1-3-5-6-7-8-9-10-11-12-13-14-15-16(4-2)17(18)19/h4H,3,5-15H2,1-2H3,(H,18,19)/b16-4+. The second-order valence-electron chi connectivity index (χ2n) is 5.40. The summed E-state index contributed by atoms with van der Waals surface area (Å²) in [5.74, 6) is -0.755. The van der Waals surface area contributed by atoms with E-state index in [0.717, 1.165) is 12.8 Å². The van der Waals surface area contributed by atoms with E-state index < -0.39 is 5.97 Å². The molecule has 0 atom stereocenters. The van der Waals surface area contributed by atoms with Crippen molar-refractivity contribution in [2.75, 3.05) is 0 Å². The van der Waals surface area contributed by atoms with Gasteiger partial charge in [0.25, 0.3) is 0 Å². The Morgan fingerprint density at radius 1 is 0.842 bits per heavy atom. The molecular weight excluding hydrogens is 236 g/mol. The van der Waals surface area contributed by atoms with Crippen LogP contribution in [0.4, 0.5) is 0 Å². The van der Waals surface area contributed by atoms with Crippen LogP contribution in [-0.2, 0) is 4.79 Å². The van der Waals surface area contributed by atoms with Gasteiger partial charge < -0.3 is 5.11 Å². The van der Waals surface area contributed by atoms with E-state index in [4.69, 9.17) is 5.11 Å². The van der Waals surface area contributed by atoms with E-state index in [2.05, 4.69) is 6.92 Å². The van der Waals surface area contributed by atoms with Gasteiger partial charge in [-0.25, -0.2) is 4.79 Å². The van der Waals surface area contributed by atoms with Crippen LogP contribution in [-0.4, -0.2) is 11.1 Å². The quantitative estimate of drug-likeness (QED) is 0.343. The number of carbonyl (C=O) groups is 1. The SMILES string of the molecule is C/C=C(\CCCCCCCCCCCCC)C(=O)O. The van der Waals surface area contributed by atoms with Crippen LogP contribution in [0.1, 0.15) is 90.9 Å². The number of allylic oxidation sites excluding steroid dienone is 1. The molecule has 0 amide bonds. The third kappa shape index (κ3) is 12.0. The zero-order valence-corrected chi connectivity index (χ0v) is 12.9. The summed E-state index contributed by atoms with van der Waals surface area (Å²) < 4.78 is 0. The van der Waals surface area contributed by atoms with Crippen LogP contribution in [0.2, 0.25) is 0 Å². The summed E-state index contributed by atoms with van der Waals surface area (Å²) in [7, 11) is 0. The van der Waals surface area contributed by atoms with Gasteiger partial charge in [-0.05, 0) is 19.8 Å². The predicted molar refractivity (Wildman–Crippen MR) is 82.5 cm³/mol. The van der Waals surface area contributed by atoms with Crippen LogP contribution in [0.25, 0.3) is 0 Å². The second kappa shape index (κ2) is 13.6. The van der Waals surface area contributed by atoms with Gasteiger partial charge in [-0.3, -0.25) is 0 Å². The normalized spacial score (nSPS) is 11.8. The van der Waals surface area contributed by atoms with Gasteiger partial charge in [0, 0.05) is 5.57 Å². The Morgan fingerprint density at radius 3 is 1.63 bits per heavy atom. The van der Waals surface area contributed by atoms with Crippen molar-refractivity contribution >= 4 is 5.97 Å². The maximum absolute atomic E-state index is 10.8. The van der Waals surface area contributed by atoms with Gasteiger partial charge in [-0.2, -0.15) is 0 Å². The number of rotatable bonds is 13. The van der Waals surface area contributed by atoms with Crippen molar-refractivity contribution in [3.63, 3.8) is 0 Å². The van der Waals surface area contributed by atoms with E-state index in [9.17, 15) is 4.79 Å². The minimum Gasteiger partial charge on any atom is -0.478 e. The maximum Gasteiger partial charge on any atom is 0.331 e. The molecule has 0 bridgehead atoms. The fraction of sp³-hybridized carbons (Fsp3) is 0.824.